The monoisotopic (exact) mass is 313 g/mol. The van der Waals surface area contributed by atoms with Crippen molar-refractivity contribution < 1.29 is 13.9 Å². The zero-order chi connectivity index (χ0) is 14.7. The largest absolute Gasteiger partial charge is 0.461 e. The topological polar surface area (TPSA) is 52.3 Å². The molecular formula is C14H13Cl2NO3. The fraction of sp³-hybridized carbons (Fsp3) is 0.286. The molecule has 0 saturated heterocycles. The van der Waals surface area contributed by atoms with Crippen LogP contribution in [0.15, 0.2) is 22.6 Å². The molecule has 0 aliphatic heterocycles. The van der Waals surface area contributed by atoms with E-state index in [0.29, 0.717) is 33.7 Å². The smallest absolute Gasteiger partial charge is 0.360 e. The molecule has 106 valence electrons. The molecule has 0 aliphatic carbocycles. The Morgan fingerprint density at radius 3 is 2.65 bits per heavy atom. The normalized spacial score (nSPS) is 10.6. The molecule has 2 aromatic rings. The molecule has 0 unspecified atom stereocenters. The molecule has 2 rings (SSSR count). The van der Waals surface area contributed by atoms with Crippen LogP contribution >= 0.6 is 23.2 Å². The van der Waals surface area contributed by atoms with E-state index >= 15 is 0 Å². The van der Waals surface area contributed by atoms with E-state index in [-0.39, 0.29) is 12.3 Å². The fourth-order valence-corrected chi connectivity index (χ4v) is 2.00. The van der Waals surface area contributed by atoms with Crippen LogP contribution in [0.4, 0.5) is 0 Å². The maximum absolute atomic E-state index is 11.8. The Kier molecular flexibility index (Phi) is 4.68. The minimum absolute atomic E-state index is 0.204. The van der Waals surface area contributed by atoms with Crippen LogP contribution in [0.25, 0.3) is 11.5 Å². The van der Waals surface area contributed by atoms with Crippen molar-refractivity contribution in [1.82, 2.24) is 4.98 Å². The lowest BCUT2D eigenvalue weighted by Crippen LogP contribution is -2.07. The third-order valence-electron chi connectivity index (χ3n) is 2.65. The number of halogens is 2. The van der Waals surface area contributed by atoms with Gasteiger partial charge in [0.05, 0.1) is 16.7 Å². The first-order valence-corrected chi connectivity index (χ1v) is 6.94. The molecule has 0 fully saturated rings. The lowest BCUT2D eigenvalue weighted by atomic mass is 10.2. The van der Waals surface area contributed by atoms with Crippen molar-refractivity contribution in [3.8, 4) is 11.5 Å². The number of carbonyl (C=O) groups is 1. The third-order valence-corrected chi connectivity index (χ3v) is 3.39. The molecule has 0 atom stereocenters. The van der Waals surface area contributed by atoms with Gasteiger partial charge in [0.1, 0.15) is 5.76 Å². The van der Waals surface area contributed by atoms with Crippen LogP contribution in [0.3, 0.4) is 0 Å². The second kappa shape index (κ2) is 6.29. The van der Waals surface area contributed by atoms with Crippen LogP contribution in [0.5, 0.6) is 0 Å². The van der Waals surface area contributed by atoms with Gasteiger partial charge >= 0.3 is 5.97 Å². The molecule has 6 heteroatoms. The van der Waals surface area contributed by atoms with E-state index in [2.05, 4.69) is 4.98 Å². The molecule has 0 N–H and O–H groups in total. The predicted octanol–water partition coefficient (Wildman–Crippen LogP) is 4.39. The quantitative estimate of drug-likeness (QED) is 0.786. The van der Waals surface area contributed by atoms with Gasteiger partial charge in [-0.25, -0.2) is 9.78 Å². The second-order valence-electron chi connectivity index (χ2n) is 3.99. The zero-order valence-corrected chi connectivity index (χ0v) is 12.6. The Morgan fingerprint density at radius 2 is 2.05 bits per heavy atom. The first kappa shape index (κ1) is 14.9. The zero-order valence-electron chi connectivity index (χ0n) is 11.1. The minimum atomic E-state index is -0.487. The summed E-state index contributed by atoms with van der Waals surface area (Å²) in [6, 6.07) is 5.03. The Morgan fingerprint density at radius 1 is 1.30 bits per heavy atom. The van der Waals surface area contributed by atoms with E-state index in [4.69, 9.17) is 32.4 Å². The predicted molar refractivity (Wildman–Crippen MR) is 77.3 cm³/mol. The van der Waals surface area contributed by atoms with Crippen molar-refractivity contribution in [2.75, 3.05) is 6.61 Å². The van der Waals surface area contributed by atoms with Crippen molar-refractivity contribution in [3.05, 3.63) is 39.7 Å². The van der Waals surface area contributed by atoms with Gasteiger partial charge in [-0.2, -0.15) is 0 Å². The summed E-state index contributed by atoms with van der Waals surface area (Å²) in [5.41, 5.74) is 0.861. The fourth-order valence-electron chi connectivity index (χ4n) is 1.70. The number of hydrogen-bond acceptors (Lipinski definition) is 4. The van der Waals surface area contributed by atoms with Crippen LogP contribution in [0.2, 0.25) is 10.0 Å². The van der Waals surface area contributed by atoms with Gasteiger partial charge in [0.15, 0.2) is 5.69 Å². The van der Waals surface area contributed by atoms with Gasteiger partial charge in [-0.3, -0.25) is 0 Å². The number of hydrogen-bond donors (Lipinski definition) is 0. The Labute approximate surface area is 126 Å². The summed E-state index contributed by atoms with van der Waals surface area (Å²) in [7, 11) is 0. The second-order valence-corrected chi connectivity index (χ2v) is 4.81. The van der Waals surface area contributed by atoms with Crippen LogP contribution in [0, 0.1) is 0 Å². The van der Waals surface area contributed by atoms with Crippen molar-refractivity contribution in [3.63, 3.8) is 0 Å². The number of benzene rings is 1. The van der Waals surface area contributed by atoms with Crippen molar-refractivity contribution >= 4 is 29.2 Å². The van der Waals surface area contributed by atoms with E-state index in [1.807, 2.05) is 6.92 Å². The van der Waals surface area contributed by atoms with Crippen molar-refractivity contribution in [2.24, 2.45) is 0 Å². The van der Waals surface area contributed by atoms with Gasteiger partial charge in [-0.15, -0.1) is 0 Å². The van der Waals surface area contributed by atoms with Crippen LogP contribution in [0.1, 0.15) is 30.1 Å². The Hall–Kier alpha value is -1.52. The molecule has 0 aliphatic rings. The average molecular weight is 314 g/mol. The van der Waals surface area contributed by atoms with Gasteiger partial charge < -0.3 is 9.15 Å². The highest BCUT2D eigenvalue weighted by Crippen LogP contribution is 2.29. The van der Waals surface area contributed by atoms with E-state index in [1.165, 1.54) is 0 Å². The highest BCUT2D eigenvalue weighted by Gasteiger charge is 2.21. The summed E-state index contributed by atoms with van der Waals surface area (Å²) in [4.78, 5) is 16.0. The average Bonchev–Trinajstić information content (AvgIpc) is 2.86. The lowest BCUT2D eigenvalue weighted by molar-refractivity contribution is 0.0518. The van der Waals surface area contributed by atoms with Gasteiger partial charge in [0.2, 0.25) is 5.89 Å². The molecule has 0 saturated carbocycles. The molecule has 0 amide bonds. The van der Waals surface area contributed by atoms with Crippen molar-refractivity contribution in [1.29, 1.82) is 0 Å². The Balaban J connectivity index is 2.42. The van der Waals surface area contributed by atoms with Gasteiger partial charge in [0.25, 0.3) is 0 Å². The summed E-state index contributed by atoms with van der Waals surface area (Å²) >= 11 is 11.8. The summed E-state index contributed by atoms with van der Waals surface area (Å²) < 4.78 is 10.6. The molecular weight excluding hydrogens is 301 g/mol. The highest BCUT2D eigenvalue weighted by atomic mass is 35.5. The SMILES string of the molecule is CCOC(=O)c1nc(-c2ccc(Cl)c(Cl)c2)oc1CC. The summed E-state index contributed by atoms with van der Waals surface area (Å²) in [6.07, 6.45) is 0.544. The number of rotatable bonds is 4. The van der Waals surface area contributed by atoms with E-state index in [1.54, 1.807) is 25.1 Å². The van der Waals surface area contributed by atoms with E-state index < -0.39 is 5.97 Å². The number of carbonyl (C=O) groups excluding carboxylic acids is 1. The third kappa shape index (κ3) is 2.97. The molecule has 1 heterocycles. The van der Waals surface area contributed by atoms with Crippen LogP contribution < -0.4 is 0 Å². The number of esters is 1. The van der Waals surface area contributed by atoms with Gasteiger partial charge in [0, 0.05) is 12.0 Å². The number of aryl methyl sites for hydroxylation is 1. The van der Waals surface area contributed by atoms with E-state index in [0.717, 1.165) is 0 Å². The maximum atomic E-state index is 11.8. The summed E-state index contributed by atoms with van der Waals surface area (Å²) in [5.74, 6) is 0.326. The van der Waals surface area contributed by atoms with Gasteiger partial charge in [-0.05, 0) is 25.1 Å². The first-order chi connectivity index (χ1) is 9.56. The van der Waals surface area contributed by atoms with E-state index in [9.17, 15) is 4.79 Å². The summed E-state index contributed by atoms with van der Waals surface area (Å²) in [6.45, 7) is 3.91. The molecule has 0 spiro atoms. The lowest BCUT2D eigenvalue weighted by Gasteiger charge is -1.98. The Bertz CT molecular complexity index is 637. The number of ether oxygens (including phenoxy) is 1. The van der Waals surface area contributed by atoms with Crippen LogP contribution in [-0.4, -0.2) is 17.6 Å². The number of nitrogens with zero attached hydrogens (tertiary/aromatic N) is 1. The number of oxazole rings is 1. The minimum Gasteiger partial charge on any atom is -0.461 e. The molecule has 4 nitrogen and oxygen atoms in total. The van der Waals surface area contributed by atoms with Crippen molar-refractivity contribution in [2.45, 2.75) is 20.3 Å². The maximum Gasteiger partial charge on any atom is 0.360 e. The van der Waals surface area contributed by atoms with Crippen LogP contribution in [-0.2, 0) is 11.2 Å². The molecule has 1 aromatic carbocycles. The molecule has 0 radical (unpaired) electrons. The van der Waals surface area contributed by atoms with Gasteiger partial charge in [-0.1, -0.05) is 30.1 Å². The first-order valence-electron chi connectivity index (χ1n) is 6.19. The number of aromatic nitrogens is 1. The standard InChI is InChI=1S/C14H13Cl2NO3/c1-3-11-12(14(18)19-4-2)17-13(20-11)8-5-6-9(15)10(16)7-8/h5-7H,3-4H2,1-2H3. The molecule has 0 bridgehead atoms. The highest BCUT2D eigenvalue weighted by molar-refractivity contribution is 6.42. The molecule has 1 aromatic heterocycles. The molecule has 20 heavy (non-hydrogen) atoms. The summed E-state index contributed by atoms with van der Waals surface area (Å²) in [5, 5.41) is 0.849.